The lowest BCUT2D eigenvalue weighted by Gasteiger charge is -2.16. The van der Waals surface area contributed by atoms with E-state index in [4.69, 9.17) is 15.6 Å². The number of rotatable bonds is 8. The van der Waals surface area contributed by atoms with Crippen molar-refractivity contribution in [1.29, 1.82) is 0 Å². The Kier molecular flexibility index (Phi) is 10.3. The number of ether oxygens (including phenoxy) is 1. The first-order valence-corrected chi connectivity index (χ1v) is 9.66. The highest BCUT2D eigenvalue weighted by molar-refractivity contribution is 5.39. The zero-order chi connectivity index (χ0) is 23.7. The molecule has 0 saturated heterocycles. The highest BCUT2D eigenvalue weighted by atomic mass is 19.4. The number of nitrogens with two attached hydrogens (primary N) is 1. The van der Waals surface area contributed by atoms with Gasteiger partial charge < -0.3 is 15.6 Å². The van der Waals surface area contributed by atoms with E-state index in [1.54, 1.807) is 13.0 Å². The molecule has 0 spiro atoms. The minimum absolute atomic E-state index is 0.0171. The smallest absolute Gasteiger partial charge is 0.419 e. The topological polar surface area (TPSA) is 55.5 Å². The van der Waals surface area contributed by atoms with Gasteiger partial charge in [0.1, 0.15) is 5.75 Å². The first-order valence-electron chi connectivity index (χ1n) is 9.66. The summed E-state index contributed by atoms with van der Waals surface area (Å²) in [5.74, 6) is -0.255. The van der Waals surface area contributed by atoms with E-state index < -0.39 is 23.5 Å². The summed E-state index contributed by atoms with van der Waals surface area (Å²) < 4.78 is 83.0. The standard InChI is InChI=1S/C21H23F6NO.CH4O/c1-14(28)4-5-16-8-11-19(18(13-16)21(25,26)27)29-12-2-3-15-6-9-17(10-7-15)20(22,23)24;1-2/h6-11,13-14H,2-5,12,28H2,1H3;2H,1H3. The molecule has 9 heteroatoms. The molecule has 3 N–H and O–H groups in total. The molecule has 0 bridgehead atoms. The summed E-state index contributed by atoms with van der Waals surface area (Å²) in [6, 6.07) is 8.55. The first kappa shape index (κ1) is 26.8. The Labute approximate surface area is 177 Å². The Morgan fingerprint density at radius 2 is 1.45 bits per heavy atom. The number of aryl methyl sites for hydroxylation is 2. The summed E-state index contributed by atoms with van der Waals surface area (Å²) in [4.78, 5) is 0. The molecule has 2 rings (SSSR count). The highest BCUT2D eigenvalue weighted by Gasteiger charge is 2.34. The molecule has 3 nitrogen and oxygen atoms in total. The molecule has 31 heavy (non-hydrogen) atoms. The molecule has 0 aliphatic carbocycles. The van der Waals surface area contributed by atoms with Crippen molar-refractivity contribution in [2.24, 2.45) is 5.73 Å². The van der Waals surface area contributed by atoms with Crippen molar-refractivity contribution >= 4 is 0 Å². The van der Waals surface area contributed by atoms with Crippen LogP contribution >= 0.6 is 0 Å². The fraction of sp³-hybridized carbons (Fsp3) is 0.455. The van der Waals surface area contributed by atoms with Gasteiger partial charge in [-0.15, -0.1) is 0 Å². The molecule has 0 fully saturated rings. The number of halogens is 6. The van der Waals surface area contributed by atoms with Gasteiger partial charge >= 0.3 is 12.4 Å². The number of aliphatic hydroxyl groups excluding tert-OH is 1. The summed E-state index contributed by atoms with van der Waals surface area (Å²) in [5.41, 5.74) is 5.26. The maximum atomic E-state index is 13.3. The highest BCUT2D eigenvalue weighted by Crippen LogP contribution is 2.37. The molecule has 0 heterocycles. The van der Waals surface area contributed by atoms with Crippen molar-refractivity contribution in [2.75, 3.05) is 13.7 Å². The van der Waals surface area contributed by atoms with Crippen LogP contribution in [-0.4, -0.2) is 24.9 Å². The molecule has 174 valence electrons. The van der Waals surface area contributed by atoms with Gasteiger partial charge in [-0.3, -0.25) is 0 Å². The van der Waals surface area contributed by atoms with Gasteiger partial charge in [0, 0.05) is 13.2 Å². The van der Waals surface area contributed by atoms with Crippen molar-refractivity contribution in [3.8, 4) is 5.75 Å². The quantitative estimate of drug-likeness (QED) is 0.404. The van der Waals surface area contributed by atoms with Crippen LogP contribution in [0, 0.1) is 0 Å². The van der Waals surface area contributed by atoms with E-state index >= 15 is 0 Å². The molecule has 0 aliphatic rings. The van der Waals surface area contributed by atoms with Crippen molar-refractivity contribution in [2.45, 2.75) is 51.0 Å². The second-order valence-corrected chi connectivity index (χ2v) is 6.99. The van der Waals surface area contributed by atoms with E-state index in [1.165, 1.54) is 18.2 Å². The SMILES string of the molecule is CC(N)CCc1ccc(OCCCc2ccc(C(F)(F)F)cc2)c(C(F)(F)F)c1.CO. The van der Waals surface area contributed by atoms with Gasteiger partial charge in [0.2, 0.25) is 0 Å². The fourth-order valence-electron chi connectivity index (χ4n) is 2.79. The lowest BCUT2D eigenvalue weighted by atomic mass is 10.0. The maximum absolute atomic E-state index is 13.3. The molecule has 1 atom stereocenters. The molecular formula is C22H27F6NO2. The third-order valence-corrected chi connectivity index (χ3v) is 4.39. The average molecular weight is 451 g/mol. The van der Waals surface area contributed by atoms with Crippen LogP contribution in [0.4, 0.5) is 26.3 Å². The second kappa shape index (κ2) is 12.0. The number of benzene rings is 2. The third-order valence-electron chi connectivity index (χ3n) is 4.39. The van der Waals surface area contributed by atoms with Gasteiger partial charge in [-0.1, -0.05) is 18.2 Å². The average Bonchev–Trinajstić information content (AvgIpc) is 2.70. The number of aliphatic hydroxyl groups is 1. The van der Waals surface area contributed by atoms with Crippen LogP contribution < -0.4 is 10.5 Å². The minimum Gasteiger partial charge on any atom is -0.493 e. The Morgan fingerprint density at radius 3 is 1.97 bits per heavy atom. The maximum Gasteiger partial charge on any atom is 0.419 e. The van der Waals surface area contributed by atoms with Gasteiger partial charge in [-0.05, 0) is 68.0 Å². The lowest BCUT2D eigenvalue weighted by Crippen LogP contribution is -2.16. The zero-order valence-electron chi connectivity index (χ0n) is 17.4. The van der Waals surface area contributed by atoms with Crippen molar-refractivity contribution < 1.29 is 36.2 Å². The van der Waals surface area contributed by atoms with Crippen molar-refractivity contribution in [3.63, 3.8) is 0 Å². The lowest BCUT2D eigenvalue weighted by molar-refractivity contribution is -0.139. The normalized spacial score (nSPS) is 12.7. The van der Waals surface area contributed by atoms with Crippen LogP contribution in [0.5, 0.6) is 5.75 Å². The Balaban J connectivity index is 0.00000233. The van der Waals surface area contributed by atoms with Gasteiger partial charge in [-0.2, -0.15) is 26.3 Å². The van der Waals surface area contributed by atoms with Crippen LogP contribution in [0.1, 0.15) is 42.0 Å². The van der Waals surface area contributed by atoms with E-state index in [-0.39, 0.29) is 18.4 Å². The Bertz CT molecular complexity index is 786. The van der Waals surface area contributed by atoms with Gasteiger partial charge in [0.15, 0.2) is 0 Å². The second-order valence-electron chi connectivity index (χ2n) is 6.99. The van der Waals surface area contributed by atoms with Crippen LogP contribution in [0.2, 0.25) is 0 Å². The monoisotopic (exact) mass is 451 g/mol. The molecule has 0 aromatic heterocycles. The van der Waals surface area contributed by atoms with Gasteiger partial charge in [-0.25, -0.2) is 0 Å². The summed E-state index contributed by atoms with van der Waals surface area (Å²) in [7, 11) is 1.00. The number of hydrogen-bond donors (Lipinski definition) is 2. The summed E-state index contributed by atoms with van der Waals surface area (Å²) >= 11 is 0. The number of hydrogen-bond acceptors (Lipinski definition) is 3. The molecule has 2 aromatic carbocycles. The molecule has 1 unspecified atom stereocenters. The molecule has 2 aromatic rings. The van der Waals surface area contributed by atoms with Crippen LogP contribution in [0.3, 0.4) is 0 Å². The van der Waals surface area contributed by atoms with E-state index in [1.807, 2.05) is 0 Å². The summed E-state index contributed by atoms with van der Waals surface area (Å²) in [6.45, 7) is 1.81. The molecular weight excluding hydrogens is 424 g/mol. The first-order chi connectivity index (χ1) is 14.5. The summed E-state index contributed by atoms with van der Waals surface area (Å²) in [6.07, 6.45) is -7.17. The van der Waals surface area contributed by atoms with E-state index in [2.05, 4.69) is 0 Å². The van der Waals surface area contributed by atoms with E-state index in [9.17, 15) is 26.3 Å². The van der Waals surface area contributed by atoms with Crippen molar-refractivity contribution in [3.05, 3.63) is 64.7 Å². The largest absolute Gasteiger partial charge is 0.493 e. The van der Waals surface area contributed by atoms with Crippen LogP contribution in [-0.2, 0) is 25.2 Å². The predicted molar refractivity (Wildman–Crippen MR) is 107 cm³/mol. The zero-order valence-corrected chi connectivity index (χ0v) is 17.4. The Hall–Kier alpha value is -2.26. The molecule has 0 amide bonds. The summed E-state index contributed by atoms with van der Waals surface area (Å²) in [5, 5.41) is 7.00. The van der Waals surface area contributed by atoms with Gasteiger partial charge in [0.25, 0.3) is 0 Å². The molecule has 0 radical (unpaired) electrons. The predicted octanol–water partition coefficient (Wildman–Crippen LogP) is 5.62. The Morgan fingerprint density at radius 1 is 0.871 bits per heavy atom. The molecule has 0 saturated carbocycles. The van der Waals surface area contributed by atoms with Gasteiger partial charge in [0.05, 0.1) is 17.7 Å². The van der Waals surface area contributed by atoms with Crippen LogP contribution in [0.15, 0.2) is 42.5 Å². The van der Waals surface area contributed by atoms with E-state index in [0.29, 0.717) is 36.8 Å². The number of alkyl halides is 6. The minimum atomic E-state index is -4.55. The molecule has 0 aliphatic heterocycles. The fourth-order valence-corrected chi connectivity index (χ4v) is 2.79. The van der Waals surface area contributed by atoms with E-state index in [0.717, 1.165) is 25.3 Å². The van der Waals surface area contributed by atoms with Crippen LogP contribution in [0.25, 0.3) is 0 Å². The third kappa shape index (κ3) is 9.18. The van der Waals surface area contributed by atoms with Crippen molar-refractivity contribution in [1.82, 2.24) is 0 Å².